The van der Waals surface area contributed by atoms with E-state index in [1.165, 1.54) is 36.8 Å². The summed E-state index contributed by atoms with van der Waals surface area (Å²) in [6.07, 6.45) is 6.81. The molecule has 0 saturated carbocycles. The van der Waals surface area contributed by atoms with Crippen molar-refractivity contribution >= 4 is 17.0 Å². The van der Waals surface area contributed by atoms with E-state index in [-0.39, 0.29) is 0 Å². The van der Waals surface area contributed by atoms with E-state index in [2.05, 4.69) is 23.7 Å². The van der Waals surface area contributed by atoms with Crippen molar-refractivity contribution in [2.24, 2.45) is 0 Å². The predicted octanol–water partition coefficient (Wildman–Crippen LogP) is 2.68. The molecule has 3 heteroatoms. The van der Waals surface area contributed by atoms with Crippen LogP contribution >= 0.6 is 0 Å². The van der Waals surface area contributed by atoms with Gasteiger partial charge in [-0.2, -0.15) is 0 Å². The van der Waals surface area contributed by atoms with Crippen LogP contribution in [0.4, 0.5) is 5.95 Å². The van der Waals surface area contributed by atoms with Gasteiger partial charge in [-0.1, -0.05) is 6.08 Å². The molecule has 0 saturated heterocycles. The summed E-state index contributed by atoms with van der Waals surface area (Å²) in [5.41, 5.74) is 11.0. The van der Waals surface area contributed by atoms with E-state index < -0.39 is 0 Å². The molecule has 1 aliphatic carbocycles. The van der Waals surface area contributed by atoms with Gasteiger partial charge in [0, 0.05) is 6.54 Å². The highest BCUT2D eigenvalue weighted by atomic mass is 15.1. The van der Waals surface area contributed by atoms with Gasteiger partial charge in [-0.3, -0.25) is 0 Å². The average Bonchev–Trinajstić information content (AvgIpc) is 2.63. The minimum atomic E-state index is 0.585. The Hall–Kier alpha value is -1.77. The lowest BCUT2D eigenvalue weighted by molar-refractivity contribution is 0.686. The van der Waals surface area contributed by atoms with E-state index >= 15 is 0 Å². The Balaban J connectivity index is 2.23. The maximum Gasteiger partial charge on any atom is 0.201 e. The van der Waals surface area contributed by atoms with E-state index in [1.807, 2.05) is 10.6 Å². The largest absolute Gasteiger partial charge is 0.369 e. The van der Waals surface area contributed by atoms with Crippen molar-refractivity contribution in [2.45, 2.75) is 32.2 Å². The highest BCUT2D eigenvalue weighted by Gasteiger charge is 2.14. The van der Waals surface area contributed by atoms with Gasteiger partial charge in [-0.15, -0.1) is 6.58 Å². The van der Waals surface area contributed by atoms with Crippen LogP contribution in [0.15, 0.2) is 24.8 Å². The normalized spacial score (nSPS) is 14.8. The Labute approximate surface area is 101 Å². The minimum Gasteiger partial charge on any atom is -0.369 e. The predicted molar refractivity (Wildman–Crippen MR) is 71.0 cm³/mol. The molecule has 0 aliphatic heterocycles. The maximum atomic E-state index is 5.94. The summed E-state index contributed by atoms with van der Waals surface area (Å²) >= 11 is 0. The standard InChI is InChI=1S/C14H17N3/c1-2-7-17-13-9-11-6-4-3-5-10(11)8-12(13)16-14(17)15/h2,8-9H,1,3-7H2,(H2,15,16). The molecule has 3 nitrogen and oxygen atoms in total. The van der Waals surface area contributed by atoms with Gasteiger partial charge in [-0.25, -0.2) is 4.98 Å². The van der Waals surface area contributed by atoms with Gasteiger partial charge < -0.3 is 10.3 Å². The lowest BCUT2D eigenvalue weighted by atomic mass is 9.91. The Kier molecular flexibility index (Phi) is 2.39. The third-order valence-electron chi connectivity index (χ3n) is 3.55. The van der Waals surface area contributed by atoms with Gasteiger partial charge >= 0.3 is 0 Å². The number of nitrogen functional groups attached to an aromatic ring is 1. The zero-order valence-electron chi connectivity index (χ0n) is 9.95. The van der Waals surface area contributed by atoms with Crippen molar-refractivity contribution in [2.75, 3.05) is 5.73 Å². The van der Waals surface area contributed by atoms with Crippen molar-refractivity contribution < 1.29 is 0 Å². The highest BCUT2D eigenvalue weighted by Crippen LogP contribution is 2.27. The number of hydrogen-bond acceptors (Lipinski definition) is 2. The van der Waals surface area contributed by atoms with Gasteiger partial charge in [0.2, 0.25) is 5.95 Å². The summed E-state index contributed by atoms with van der Waals surface area (Å²) in [5.74, 6) is 0.585. The first-order valence-corrected chi connectivity index (χ1v) is 6.18. The molecule has 1 heterocycles. The van der Waals surface area contributed by atoms with Crippen LogP contribution in [0.2, 0.25) is 0 Å². The number of nitrogens with zero attached hydrogens (tertiary/aromatic N) is 2. The van der Waals surface area contributed by atoms with Crippen molar-refractivity contribution in [3.8, 4) is 0 Å². The van der Waals surface area contributed by atoms with Crippen LogP contribution in [0.3, 0.4) is 0 Å². The number of aryl methyl sites for hydroxylation is 2. The van der Waals surface area contributed by atoms with Crippen molar-refractivity contribution in [3.63, 3.8) is 0 Å². The molecule has 0 fully saturated rings. The highest BCUT2D eigenvalue weighted by molar-refractivity contribution is 5.80. The fourth-order valence-corrected chi connectivity index (χ4v) is 2.69. The van der Waals surface area contributed by atoms with Crippen LogP contribution < -0.4 is 5.73 Å². The van der Waals surface area contributed by atoms with Crippen LogP contribution in [-0.2, 0) is 19.4 Å². The van der Waals surface area contributed by atoms with Gasteiger partial charge in [0.15, 0.2) is 0 Å². The lowest BCUT2D eigenvalue weighted by Gasteiger charge is -2.15. The Bertz CT molecular complexity index is 581. The summed E-state index contributed by atoms with van der Waals surface area (Å²) in [7, 11) is 0. The van der Waals surface area contributed by atoms with E-state index in [0.29, 0.717) is 5.95 Å². The van der Waals surface area contributed by atoms with Crippen LogP contribution in [0, 0.1) is 0 Å². The molecular formula is C14H17N3. The third-order valence-corrected chi connectivity index (χ3v) is 3.55. The zero-order valence-corrected chi connectivity index (χ0v) is 9.95. The van der Waals surface area contributed by atoms with Gasteiger partial charge in [0.05, 0.1) is 11.0 Å². The molecule has 0 atom stereocenters. The topological polar surface area (TPSA) is 43.8 Å². The smallest absolute Gasteiger partial charge is 0.201 e. The molecule has 3 rings (SSSR count). The number of allylic oxidation sites excluding steroid dienone is 1. The first-order chi connectivity index (χ1) is 8.29. The summed E-state index contributed by atoms with van der Waals surface area (Å²) in [6.45, 7) is 4.49. The number of nitrogens with two attached hydrogens (primary N) is 1. The second-order valence-electron chi connectivity index (χ2n) is 4.69. The Morgan fingerprint density at radius 2 is 2.00 bits per heavy atom. The molecule has 0 radical (unpaired) electrons. The van der Waals surface area contributed by atoms with E-state index in [1.54, 1.807) is 0 Å². The second-order valence-corrected chi connectivity index (χ2v) is 4.69. The van der Waals surface area contributed by atoms with Crippen LogP contribution in [-0.4, -0.2) is 9.55 Å². The molecule has 0 amide bonds. The molecule has 1 aliphatic rings. The van der Waals surface area contributed by atoms with Crippen LogP contribution in [0.1, 0.15) is 24.0 Å². The molecule has 17 heavy (non-hydrogen) atoms. The first-order valence-electron chi connectivity index (χ1n) is 6.18. The van der Waals surface area contributed by atoms with Crippen molar-refractivity contribution in [3.05, 3.63) is 35.9 Å². The Morgan fingerprint density at radius 3 is 2.71 bits per heavy atom. The zero-order chi connectivity index (χ0) is 11.8. The number of imidazole rings is 1. The molecule has 88 valence electrons. The Morgan fingerprint density at radius 1 is 1.29 bits per heavy atom. The fourth-order valence-electron chi connectivity index (χ4n) is 2.69. The molecule has 0 unspecified atom stereocenters. The fraction of sp³-hybridized carbons (Fsp3) is 0.357. The molecular weight excluding hydrogens is 210 g/mol. The number of anilines is 1. The number of benzene rings is 1. The molecule has 2 aromatic rings. The summed E-state index contributed by atoms with van der Waals surface area (Å²) in [5, 5.41) is 0. The summed E-state index contributed by atoms with van der Waals surface area (Å²) < 4.78 is 2.03. The van der Waals surface area contributed by atoms with E-state index in [4.69, 9.17) is 5.73 Å². The SMILES string of the molecule is C=CCn1c(N)nc2cc3c(cc21)CCCC3. The van der Waals surface area contributed by atoms with Gasteiger partial charge in [-0.05, 0) is 48.9 Å². The lowest BCUT2D eigenvalue weighted by Crippen LogP contribution is -2.04. The first kappa shape index (κ1) is 10.4. The van der Waals surface area contributed by atoms with E-state index in [9.17, 15) is 0 Å². The monoisotopic (exact) mass is 227 g/mol. The summed E-state index contributed by atoms with van der Waals surface area (Å²) in [6, 6.07) is 4.47. The number of rotatable bonds is 2. The third kappa shape index (κ3) is 1.62. The molecule has 2 N–H and O–H groups in total. The minimum absolute atomic E-state index is 0.585. The molecule has 0 spiro atoms. The average molecular weight is 227 g/mol. The van der Waals surface area contributed by atoms with E-state index in [0.717, 1.165) is 17.6 Å². The molecule has 1 aromatic carbocycles. The van der Waals surface area contributed by atoms with Crippen LogP contribution in [0.25, 0.3) is 11.0 Å². The quantitative estimate of drug-likeness (QED) is 0.802. The van der Waals surface area contributed by atoms with Crippen LogP contribution in [0.5, 0.6) is 0 Å². The number of hydrogen-bond donors (Lipinski definition) is 1. The van der Waals surface area contributed by atoms with Gasteiger partial charge in [0.25, 0.3) is 0 Å². The van der Waals surface area contributed by atoms with Crippen molar-refractivity contribution in [1.82, 2.24) is 9.55 Å². The summed E-state index contributed by atoms with van der Waals surface area (Å²) in [4.78, 5) is 4.43. The number of fused-ring (bicyclic) bond motifs is 2. The molecule has 1 aromatic heterocycles. The van der Waals surface area contributed by atoms with Crippen molar-refractivity contribution in [1.29, 1.82) is 0 Å². The number of aromatic nitrogens is 2. The second kappa shape index (κ2) is 3.91. The molecule has 0 bridgehead atoms. The van der Waals surface area contributed by atoms with Gasteiger partial charge in [0.1, 0.15) is 0 Å². The maximum absolute atomic E-state index is 5.94.